The Morgan fingerprint density at radius 2 is 0.621 bits per heavy atom. The number of ether oxygens (including phenoxy) is 6. The minimum atomic E-state index is 0.565. The quantitative estimate of drug-likeness (QED) is 0.0456. The van der Waals surface area contributed by atoms with Crippen LogP contribution in [0.5, 0.6) is 17.2 Å². The molecule has 6 rings (SSSR count). The Bertz CT molecular complexity index is 2100. The Kier molecular flexibility index (Phi) is 26.2. The zero-order valence-electron chi connectivity index (χ0n) is 40.3. The first kappa shape index (κ1) is 52.8. The fourth-order valence-corrected chi connectivity index (χ4v) is 6.34. The summed E-state index contributed by atoms with van der Waals surface area (Å²) in [7, 11) is 0. The molecule has 0 fully saturated rings. The molecule has 0 amide bonds. The van der Waals surface area contributed by atoms with E-state index >= 15 is 0 Å². The van der Waals surface area contributed by atoms with Crippen molar-refractivity contribution in [2.45, 2.75) is 99.3 Å². The predicted molar refractivity (Wildman–Crippen MR) is 264 cm³/mol. The van der Waals surface area contributed by atoms with Gasteiger partial charge in [-0.15, -0.1) is 0 Å². The van der Waals surface area contributed by atoms with E-state index in [4.69, 9.17) is 28.4 Å². The SMILES string of the molecule is CCCCCc1cnc(-c2ccc(OCCOCC)cc2)nc1.CCCCc1cnc(-c2ccc(OCCOCC)cc2)nc1.CCCc1cnc(-c2ccc(OCCOCC)cc2)nc1. The third kappa shape index (κ3) is 20.6. The number of nitrogens with zero attached hydrogens (tertiary/aromatic N) is 6. The van der Waals surface area contributed by atoms with Gasteiger partial charge in [-0.3, -0.25) is 0 Å². The number of hydrogen-bond donors (Lipinski definition) is 0. The highest BCUT2D eigenvalue weighted by molar-refractivity contribution is 5.57. The molecule has 0 saturated carbocycles. The van der Waals surface area contributed by atoms with Crippen molar-refractivity contribution < 1.29 is 28.4 Å². The van der Waals surface area contributed by atoms with Gasteiger partial charge in [0.2, 0.25) is 0 Å². The second-order valence-corrected chi connectivity index (χ2v) is 15.3. The molecule has 0 unspecified atom stereocenters. The summed E-state index contributed by atoms with van der Waals surface area (Å²) < 4.78 is 32.5. The zero-order valence-corrected chi connectivity index (χ0v) is 40.3. The zero-order chi connectivity index (χ0) is 46.9. The lowest BCUT2D eigenvalue weighted by molar-refractivity contribution is 0.110. The van der Waals surface area contributed by atoms with Crippen molar-refractivity contribution in [1.29, 1.82) is 0 Å². The molecule has 3 heterocycles. The fourth-order valence-electron chi connectivity index (χ4n) is 6.34. The molecule has 0 aliphatic carbocycles. The van der Waals surface area contributed by atoms with E-state index in [9.17, 15) is 0 Å². The molecule has 3 aromatic carbocycles. The largest absolute Gasteiger partial charge is 0.491 e. The van der Waals surface area contributed by atoms with Crippen molar-refractivity contribution in [3.05, 3.63) is 127 Å². The van der Waals surface area contributed by atoms with E-state index in [1.165, 1.54) is 48.8 Å². The highest BCUT2D eigenvalue weighted by Crippen LogP contribution is 2.22. The number of rotatable bonds is 27. The molecule has 12 heteroatoms. The van der Waals surface area contributed by atoms with Crippen LogP contribution in [0.4, 0.5) is 0 Å². The minimum Gasteiger partial charge on any atom is -0.491 e. The van der Waals surface area contributed by atoms with Crippen molar-refractivity contribution >= 4 is 0 Å². The molecule has 354 valence electrons. The third-order valence-corrected chi connectivity index (χ3v) is 9.98. The van der Waals surface area contributed by atoms with E-state index in [1.807, 2.05) is 131 Å². The third-order valence-electron chi connectivity index (χ3n) is 9.98. The van der Waals surface area contributed by atoms with Crippen LogP contribution in [0.25, 0.3) is 34.2 Å². The molecule has 0 spiro atoms. The van der Waals surface area contributed by atoms with Crippen LogP contribution in [-0.2, 0) is 33.5 Å². The van der Waals surface area contributed by atoms with Gasteiger partial charge in [0.15, 0.2) is 17.5 Å². The van der Waals surface area contributed by atoms with Crippen LogP contribution in [0.2, 0.25) is 0 Å². The van der Waals surface area contributed by atoms with Crippen molar-refractivity contribution in [3.63, 3.8) is 0 Å². The maximum absolute atomic E-state index is 5.61. The normalized spacial score (nSPS) is 10.6. The summed E-state index contributed by atoms with van der Waals surface area (Å²) in [5, 5.41) is 0. The van der Waals surface area contributed by atoms with E-state index in [0.717, 1.165) is 77.1 Å². The maximum atomic E-state index is 5.61. The Morgan fingerprint density at radius 3 is 0.909 bits per heavy atom. The van der Waals surface area contributed by atoms with Crippen molar-refractivity contribution in [2.24, 2.45) is 0 Å². The molecule has 66 heavy (non-hydrogen) atoms. The summed E-state index contributed by atoms with van der Waals surface area (Å²) >= 11 is 0. The molecule has 0 N–H and O–H groups in total. The van der Waals surface area contributed by atoms with Gasteiger partial charge in [0, 0.05) is 73.7 Å². The van der Waals surface area contributed by atoms with Crippen LogP contribution in [0.1, 0.15) is 96.8 Å². The van der Waals surface area contributed by atoms with E-state index in [1.54, 1.807) is 0 Å². The van der Waals surface area contributed by atoms with Gasteiger partial charge in [-0.05, 0) is 142 Å². The highest BCUT2D eigenvalue weighted by atomic mass is 16.5. The van der Waals surface area contributed by atoms with Gasteiger partial charge in [0.25, 0.3) is 0 Å². The summed E-state index contributed by atoms with van der Waals surface area (Å²) in [5.74, 6) is 4.76. The topological polar surface area (TPSA) is 133 Å². The molecular formula is C54H72N6O6. The number of unbranched alkanes of at least 4 members (excludes halogenated alkanes) is 3. The fraction of sp³-hybridized carbons (Fsp3) is 0.444. The molecule has 0 aliphatic rings. The summed E-state index contributed by atoms with van der Waals surface area (Å²) in [5.41, 5.74) is 6.58. The van der Waals surface area contributed by atoms with Crippen LogP contribution in [0.3, 0.4) is 0 Å². The van der Waals surface area contributed by atoms with Gasteiger partial charge in [-0.25, -0.2) is 29.9 Å². The summed E-state index contributed by atoms with van der Waals surface area (Å²) in [6.07, 6.45) is 21.8. The van der Waals surface area contributed by atoms with Crippen molar-refractivity contribution in [1.82, 2.24) is 29.9 Å². The van der Waals surface area contributed by atoms with Gasteiger partial charge < -0.3 is 28.4 Å². The van der Waals surface area contributed by atoms with Crippen LogP contribution in [0, 0.1) is 0 Å². The van der Waals surface area contributed by atoms with E-state index in [0.29, 0.717) is 59.5 Å². The Hall–Kier alpha value is -5.82. The van der Waals surface area contributed by atoms with Gasteiger partial charge >= 0.3 is 0 Å². The minimum absolute atomic E-state index is 0.565. The first-order chi connectivity index (χ1) is 32.5. The first-order valence-electron chi connectivity index (χ1n) is 23.9. The van der Waals surface area contributed by atoms with Crippen LogP contribution >= 0.6 is 0 Å². The van der Waals surface area contributed by atoms with Crippen molar-refractivity contribution in [2.75, 3.05) is 59.5 Å². The molecule has 0 saturated heterocycles. The van der Waals surface area contributed by atoms with Gasteiger partial charge in [0.1, 0.15) is 37.1 Å². The lowest BCUT2D eigenvalue weighted by Gasteiger charge is -2.07. The summed E-state index contributed by atoms with van der Waals surface area (Å²) in [6, 6.07) is 23.5. The molecule has 0 radical (unpaired) electrons. The standard InChI is InChI=1S/C19H26N2O2.C18H24N2O2.C17H22N2O2/c1-3-5-6-7-16-14-20-19(21-15-16)17-8-10-18(11-9-17)23-13-12-22-4-2;1-3-5-6-15-13-19-18(20-14-15)16-7-9-17(10-8-16)22-12-11-21-4-2;1-3-5-14-12-18-17(19-13-14)15-6-8-16(9-7-15)21-11-10-20-4-2/h8-11,14-15H,3-7,12-13H2,1-2H3;7-10,13-14H,3-6,11-12H2,1-2H3;6-9,12-13H,3-5,10-11H2,1-2H3. The second kappa shape index (κ2) is 32.8. The van der Waals surface area contributed by atoms with Gasteiger partial charge in [-0.1, -0.05) is 46.5 Å². The second-order valence-electron chi connectivity index (χ2n) is 15.3. The molecule has 0 atom stereocenters. The summed E-state index contributed by atoms with van der Waals surface area (Å²) in [4.78, 5) is 26.7. The number of hydrogen-bond acceptors (Lipinski definition) is 12. The van der Waals surface area contributed by atoms with Gasteiger partial charge in [0.05, 0.1) is 19.8 Å². The molecule has 0 bridgehead atoms. The number of aryl methyl sites for hydroxylation is 3. The van der Waals surface area contributed by atoms with Crippen LogP contribution in [0.15, 0.2) is 110 Å². The van der Waals surface area contributed by atoms with Crippen LogP contribution < -0.4 is 14.2 Å². The molecular weight excluding hydrogens is 829 g/mol. The predicted octanol–water partition coefficient (Wildman–Crippen LogP) is 11.7. The molecule has 6 aromatic rings. The Labute approximate surface area is 393 Å². The first-order valence-corrected chi connectivity index (χ1v) is 23.9. The average molecular weight is 901 g/mol. The molecule has 12 nitrogen and oxygen atoms in total. The lowest BCUT2D eigenvalue weighted by atomic mass is 10.1. The number of aromatic nitrogens is 6. The average Bonchev–Trinajstić information content (AvgIpc) is 3.37. The van der Waals surface area contributed by atoms with E-state index < -0.39 is 0 Å². The Balaban J connectivity index is 0.000000217. The monoisotopic (exact) mass is 901 g/mol. The van der Waals surface area contributed by atoms with Crippen molar-refractivity contribution in [3.8, 4) is 51.4 Å². The molecule has 3 aromatic heterocycles. The lowest BCUT2D eigenvalue weighted by Crippen LogP contribution is -2.06. The highest BCUT2D eigenvalue weighted by Gasteiger charge is 2.06. The Morgan fingerprint density at radius 1 is 0.318 bits per heavy atom. The summed E-state index contributed by atoms with van der Waals surface area (Å²) in [6.45, 7) is 18.2. The van der Waals surface area contributed by atoms with Gasteiger partial charge in [-0.2, -0.15) is 0 Å². The number of benzene rings is 3. The van der Waals surface area contributed by atoms with E-state index in [-0.39, 0.29) is 0 Å². The maximum Gasteiger partial charge on any atom is 0.159 e. The van der Waals surface area contributed by atoms with Crippen LogP contribution in [-0.4, -0.2) is 89.4 Å². The molecule has 0 aliphatic heterocycles. The van der Waals surface area contributed by atoms with E-state index in [2.05, 4.69) is 50.7 Å². The smallest absolute Gasteiger partial charge is 0.159 e.